The van der Waals surface area contributed by atoms with Gasteiger partial charge in [-0.2, -0.15) is 0 Å². The van der Waals surface area contributed by atoms with Crippen LogP contribution in [-0.4, -0.2) is 36.2 Å². The van der Waals surface area contributed by atoms with Gasteiger partial charge in [0.1, 0.15) is 11.5 Å². The average Bonchev–Trinajstić information content (AvgIpc) is 2.57. The van der Waals surface area contributed by atoms with Crippen LogP contribution in [0.5, 0.6) is 17.2 Å². The second-order valence-electron chi connectivity index (χ2n) is 5.32. The summed E-state index contributed by atoms with van der Waals surface area (Å²) in [5.41, 5.74) is 5.91. The number of ether oxygens (including phenoxy) is 2. The van der Waals surface area contributed by atoms with Crippen molar-refractivity contribution in [3.8, 4) is 17.2 Å². The first-order chi connectivity index (χ1) is 10.7. The Morgan fingerprint density at radius 3 is 2.18 bits per heavy atom. The fraction of sp³-hybridized carbons (Fsp3) is 0.375. The summed E-state index contributed by atoms with van der Waals surface area (Å²) in [5, 5.41) is 0. The maximum Gasteiger partial charge on any atom is 0.225 e. The third-order valence-electron chi connectivity index (χ3n) is 3.73. The maximum absolute atomic E-state index is 5.91. The molecule has 0 saturated carbocycles. The van der Waals surface area contributed by atoms with E-state index in [0.29, 0.717) is 11.8 Å². The Morgan fingerprint density at radius 1 is 1.00 bits per heavy atom. The highest BCUT2D eigenvalue weighted by molar-refractivity contribution is 5.36. The van der Waals surface area contributed by atoms with Gasteiger partial charge in [-0.3, -0.25) is 0 Å². The smallest absolute Gasteiger partial charge is 0.225 e. The molecule has 0 bridgehead atoms. The number of hydrogen-bond acceptors (Lipinski definition) is 6. The Bertz CT molecular complexity index is 593. The first-order valence-electron chi connectivity index (χ1n) is 7.39. The van der Waals surface area contributed by atoms with Gasteiger partial charge in [0.05, 0.1) is 19.5 Å². The summed E-state index contributed by atoms with van der Waals surface area (Å²) in [4.78, 5) is 10.9. The lowest BCUT2D eigenvalue weighted by Crippen LogP contribution is -2.40. The van der Waals surface area contributed by atoms with Crippen molar-refractivity contribution in [2.24, 2.45) is 5.73 Å². The zero-order chi connectivity index (χ0) is 15.4. The number of piperidine rings is 1. The number of rotatable bonds is 4. The topological polar surface area (TPSA) is 73.5 Å². The molecule has 0 spiro atoms. The molecule has 6 heteroatoms. The van der Waals surface area contributed by atoms with Gasteiger partial charge < -0.3 is 20.1 Å². The van der Waals surface area contributed by atoms with Crippen molar-refractivity contribution < 1.29 is 9.47 Å². The maximum atomic E-state index is 5.91. The first kappa shape index (κ1) is 14.6. The van der Waals surface area contributed by atoms with Gasteiger partial charge in [-0.05, 0) is 37.1 Å². The van der Waals surface area contributed by atoms with E-state index in [9.17, 15) is 0 Å². The van der Waals surface area contributed by atoms with Crippen LogP contribution in [0.1, 0.15) is 12.8 Å². The van der Waals surface area contributed by atoms with Gasteiger partial charge in [-0.25, -0.2) is 9.97 Å². The molecule has 6 nitrogen and oxygen atoms in total. The molecule has 1 aromatic heterocycles. The second-order valence-corrected chi connectivity index (χ2v) is 5.32. The van der Waals surface area contributed by atoms with Crippen LogP contribution in [-0.2, 0) is 0 Å². The summed E-state index contributed by atoms with van der Waals surface area (Å²) in [6.07, 6.45) is 5.35. The van der Waals surface area contributed by atoms with Crippen LogP contribution < -0.4 is 20.1 Å². The molecule has 0 atom stereocenters. The molecule has 0 unspecified atom stereocenters. The number of hydrogen-bond donors (Lipinski definition) is 1. The third-order valence-corrected chi connectivity index (χ3v) is 3.73. The minimum Gasteiger partial charge on any atom is -0.497 e. The van der Waals surface area contributed by atoms with Gasteiger partial charge >= 0.3 is 0 Å². The van der Waals surface area contributed by atoms with Gasteiger partial charge in [0.2, 0.25) is 5.95 Å². The SMILES string of the molecule is COc1ccc(Oc2cnc(N3CCC(N)CC3)nc2)cc1. The van der Waals surface area contributed by atoms with Gasteiger partial charge in [-0.15, -0.1) is 0 Å². The molecular formula is C16H20N4O2. The Morgan fingerprint density at radius 2 is 1.59 bits per heavy atom. The Balaban J connectivity index is 1.63. The highest BCUT2D eigenvalue weighted by Crippen LogP contribution is 2.24. The minimum absolute atomic E-state index is 0.300. The van der Waals surface area contributed by atoms with E-state index in [1.807, 2.05) is 24.3 Å². The predicted octanol–water partition coefficient (Wildman–Crippen LogP) is 2.21. The Kier molecular flexibility index (Phi) is 4.39. The summed E-state index contributed by atoms with van der Waals surface area (Å²) in [6, 6.07) is 7.69. The molecule has 0 radical (unpaired) electrons. The minimum atomic E-state index is 0.300. The number of anilines is 1. The molecule has 1 aromatic carbocycles. The van der Waals surface area contributed by atoms with Crippen molar-refractivity contribution in [2.75, 3.05) is 25.1 Å². The van der Waals surface area contributed by atoms with Crippen LogP contribution in [0.4, 0.5) is 5.95 Å². The monoisotopic (exact) mass is 300 g/mol. The van der Waals surface area contributed by atoms with Crippen molar-refractivity contribution in [3.63, 3.8) is 0 Å². The van der Waals surface area contributed by atoms with E-state index in [4.69, 9.17) is 15.2 Å². The number of benzene rings is 1. The quantitative estimate of drug-likeness (QED) is 0.933. The average molecular weight is 300 g/mol. The second kappa shape index (κ2) is 6.62. The standard InChI is InChI=1S/C16H20N4O2/c1-21-13-2-4-14(5-3-13)22-15-10-18-16(19-11-15)20-8-6-12(17)7-9-20/h2-5,10-12H,6-9,17H2,1H3. The molecule has 0 aliphatic carbocycles. The van der Waals surface area contributed by atoms with E-state index in [1.165, 1.54) is 0 Å². The van der Waals surface area contributed by atoms with E-state index in [0.717, 1.165) is 43.4 Å². The lowest BCUT2D eigenvalue weighted by Gasteiger charge is -2.29. The van der Waals surface area contributed by atoms with Crippen molar-refractivity contribution >= 4 is 5.95 Å². The lowest BCUT2D eigenvalue weighted by molar-refractivity contribution is 0.412. The molecule has 2 N–H and O–H groups in total. The molecule has 3 rings (SSSR count). The van der Waals surface area contributed by atoms with Crippen LogP contribution in [0, 0.1) is 0 Å². The van der Waals surface area contributed by atoms with Crippen molar-refractivity contribution in [1.82, 2.24) is 9.97 Å². The molecule has 0 amide bonds. The number of methoxy groups -OCH3 is 1. The normalized spacial score (nSPS) is 15.6. The van der Waals surface area contributed by atoms with Crippen molar-refractivity contribution in [1.29, 1.82) is 0 Å². The fourth-order valence-electron chi connectivity index (χ4n) is 2.40. The van der Waals surface area contributed by atoms with Gasteiger partial charge in [0.25, 0.3) is 0 Å². The molecule has 1 aliphatic heterocycles. The molecule has 1 aliphatic rings. The van der Waals surface area contributed by atoms with Crippen molar-refractivity contribution in [2.45, 2.75) is 18.9 Å². The fourth-order valence-corrected chi connectivity index (χ4v) is 2.40. The van der Waals surface area contributed by atoms with E-state index >= 15 is 0 Å². The number of nitrogens with zero attached hydrogens (tertiary/aromatic N) is 3. The van der Waals surface area contributed by atoms with Crippen LogP contribution in [0.2, 0.25) is 0 Å². The highest BCUT2D eigenvalue weighted by atomic mass is 16.5. The summed E-state index contributed by atoms with van der Waals surface area (Å²) >= 11 is 0. The number of nitrogens with two attached hydrogens (primary N) is 1. The van der Waals surface area contributed by atoms with Crippen molar-refractivity contribution in [3.05, 3.63) is 36.7 Å². The zero-order valence-corrected chi connectivity index (χ0v) is 12.6. The molecule has 22 heavy (non-hydrogen) atoms. The highest BCUT2D eigenvalue weighted by Gasteiger charge is 2.18. The van der Waals surface area contributed by atoms with Crippen LogP contribution >= 0.6 is 0 Å². The predicted molar refractivity (Wildman–Crippen MR) is 84.5 cm³/mol. The summed E-state index contributed by atoms with van der Waals surface area (Å²) in [5.74, 6) is 2.86. The van der Waals surface area contributed by atoms with E-state index < -0.39 is 0 Å². The van der Waals surface area contributed by atoms with Crippen LogP contribution in [0.25, 0.3) is 0 Å². The zero-order valence-electron chi connectivity index (χ0n) is 12.6. The molecule has 116 valence electrons. The van der Waals surface area contributed by atoms with Crippen LogP contribution in [0.3, 0.4) is 0 Å². The molecular weight excluding hydrogens is 280 g/mol. The van der Waals surface area contributed by atoms with Gasteiger partial charge in [0.15, 0.2) is 5.75 Å². The summed E-state index contributed by atoms with van der Waals surface area (Å²) in [6.45, 7) is 1.81. The van der Waals surface area contributed by atoms with E-state index in [1.54, 1.807) is 19.5 Å². The molecule has 2 heterocycles. The van der Waals surface area contributed by atoms with Crippen LogP contribution in [0.15, 0.2) is 36.7 Å². The number of aromatic nitrogens is 2. The Labute approximate surface area is 129 Å². The largest absolute Gasteiger partial charge is 0.497 e. The summed E-state index contributed by atoms with van der Waals surface area (Å²) < 4.78 is 10.8. The third kappa shape index (κ3) is 3.46. The Hall–Kier alpha value is -2.34. The summed E-state index contributed by atoms with van der Waals surface area (Å²) in [7, 11) is 1.63. The first-order valence-corrected chi connectivity index (χ1v) is 7.39. The van der Waals surface area contributed by atoms with Gasteiger partial charge in [-0.1, -0.05) is 0 Å². The van der Waals surface area contributed by atoms with E-state index in [2.05, 4.69) is 14.9 Å². The molecule has 2 aromatic rings. The van der Waals surface area contributed by atoms with Gasteiger partial charge in [0, 0.05) is 19.1 Å². The molecule has 1 saturated heterocycles. The van der Waals surface area contributed by atoms with E-state index in [-0.39, 0.29) is 0 Å². The lowest BCUT2D eigenvalue weighted by atomic mass is 10.1. The molecule has 1 fully saturated rings.